The molecule has 1 atom stereocenters. The minimum absolute atomic E-state index is 0.101. The number of hydrogen-bond acceptors (Lipinski definition) is 3. The number of nitrogens with one attached hydrogen (secondary N) is 1. The van der Waals surface area contributed by atoms with E-state index in [-0.39, 0.29) is 24.1 Å². The Morgan fingerprint density at radius 1 is 1.10 bits per heavy atom. The van der Waals surface area contributed by atoms with Crippen LogP contribution in [0.1, 0.15) is 37.5 Å². The van der Waals surface area contributed by atoms with E-state index in [9.17, 15) is 9.59 Å². The van der Waals surface area contributed by atoms with Crippen LogP contribution in [0.2, 0.25) is 10.0 Å². The Labute approximate surface area is 199 Å². The van der Waals surface area contributed by atoms with E-state index in [0.717, 1.165) is 11.3 Å². The molecule has 7 heteroatoms. The highest BCUT2D eigenvalue weighted by atomic mass is 35.5. The summed E-state index contributed by atoms with van der Waals surface area (Å²) in [6.45, 7) is 8.68. The number of rotatable bonds is 10. The van der Waals surface area contributed by atoms with Gasteiger partial charge in [-0.25, -0.2) is 0 Å². The summed E-state index contributed by atoms with van der Waals surface area (Å²) in [7, 11) is 0. The second kappa shape index (κ2) is 12.4. The molecule has 168 valence electrons. The Hall–Kier alpha value is -1.69. The highest BCUT2D eigenvalue weighted by Crippen LogP contribution is 2.24. The summed E-state index contributed by atoms with van der Waals surface area (Å²) >= 11 is 13.9. The number of benzene rings is 2. The van der Waals surface area contributed by atoms with Crippen LogP contribution in [0.15, 0.2) is 42.5 Å². The van der Waals surface area contributed by atoms with Gasteiger partial charge in [-0.3, -0.25) is 9.59 Å². The molecule has 0 unspecified atom stereocenters. The maximum Gasteiger partial charge on any atom is 0.242 e. The molecule has 0 heterocycles. The number of hydrogen-bond donors (Lipinski definition) is 1. The zero-order valence-corrected chi connectivity index (χ0v) is 20.8. The summed E-state index contributed by atoms with van der Waals surface area (Å²) in [5.41, 5.74) is 3.12. The molecule has 31 heavy (non-hydrogen) atoms. The van der Waals surface area contributed by atoms with Crippen molar-refractivity contribution in [3.05, 3.63) is 69.2 Å². The van der Waals surface area contributed by atoms with Gasteiger partial charge in [-0.2, -0.15) is 0 Å². The number of halogens is 2. The molecule has 0 bridgehead atoms. The van der Waals surface area contributed by atoms with Crippen molar-refractivity contribution in [3.63, 3.8) is 0 Å². The molecule has 0 aliphatic carbocycles. The molecule has 2 aromatic carbocycles. The molecule has 0 saturated carbocycles. The van der Waals surface area contributed by atoms with Crippen molar-refractivity contribution in [1.82, 2.24) is 10.2 Å². The largest absolute Gasteiger partial charge is 0.354 e. The molecule has 0 aliphatic heterocycles. The third-order valence-corrected chi connectivity index (χ3v) is 6.36. The Morgan fingerprint density at radius 2 is 1.84 bits per heavy atom. The maximum absolute atomic E-state index is 13.1. The summed E-state index contributed by atoms with van der Waals surface area (Å²) in [4.78, 5) is 27.4. The predicted molar refractivity (Wildman–Crippen MR) is 132 cm³/mol. The SMILES string of the molecule is Cc1cccc(CSCC(=O)N(Cc2ccc(Cl)cc2Cl)[C@H](C)C(=O)NCC(C)C)c1. The van der Waals surface area contributed by atoms with Crippen LogP contribution in [0.25, 0.3) is 0 Å². The number of aryl methyl sites for hydroxylation is 1. The van der Waals surface area contributed by atoms with Gasteiger partial charge in [-0.15, -0.1) is 11.8 Å². The fourth-order valence-electron chi connectivity index (χ4n) is 3.01. The van der Waals surface area contributed by atoms with E-state index in [1.807, 2.05) is 32.9 Å². The Balaban J connectivity index is 2.10. The van der Waals surface area contributed by atoms with E-state index < -0.39 is 6.04 Å². The summed E-state index contributed by atoms with van der Waals surface area (Å²) in [5, 5.41) is 3.93. The van der Waals surface area contributed by atoms with Crippen LogP contribution in [0.5, 0.6) is 0 Å². The predicted octanol–water partition coefficient (Wildman–Crippen LogP) is 5.72. The Kier molecular flexibility index (Phi) is 10.2. The van der Waals surface area contributed by atoms with Crippen molar-refractivity contribution in [3.8, 4) is 0 Å². The van der Waals surface area contributed by atoms with E-state index in [0.29, 0.717) is 22.5 Å². The first-order valence-electron chi connectivity index (χ1n) is 10.3. The standard InChI is InChI=1S/C24H30Cl2N2O2S/c1-16(2)12-27-24(30)18(4)28(13-20-8-9-21(25)11-22(20)26)23(29)15-31-14-19-7-5-6-17(3)10-19/h5-11,16,18H,12-15H2,1-4H3,(H,27,30)/t18-/m1/s1. The van der Waals surface area contributed by atoms with E-state index in [2.05, 4.69) is 17.4 Å². The monoisotopic (exact) mass is 480 g/mol. The first-order valence-corrected chi connectivity index (χ1v) is 12.2. The van der Waals surface area contributed by atoms with Crippen LogP contribution in [-0.4, -0.2) is 35.1 Å². The minimum Gasteiger partial charge on any atom is -0.354 e. The molecular weight excluding hydrogens is 451 g/mol. The fourth-order valence-corrected chi connectivity index (χ4v) is 4.34. The fraction of sp³-hybridized carbons (Fsp3) is 0.417. The molecule has 0 aromatic heterocycles. The van der Waals surface area contributed by atoms with Crippen molar-refractivity contribution in [2.24, 2.45) is 5.92 Å². The van der Waals surface area contributed by atoms with Crippen LogP contribution < -0.4 is 5.32 Å². The third-order valence-electron chi connectivity index (χ3n) is 4.78. The van der Waals surface area contributed by atoms with Crippen molar-refractivity contribution < 1.29 is 9.59 Å². The van der Waals surface area contributed by atoms with Crippen LogP contribution in [0, 0.1) is 12.8 Å². The zero-order valence-electron chi connectivity index (χ0n) is 18.5. The molecule has 0 fully saturated rings. The number of amides is 2. The minimum atomic E-state index is -0.613. The van der Waals surface area contributed by atoms with Gasteiger partial charge in [0.05, 0.1) is 5.75 Å². The molecular formula is C24H30Cl2N2O2S. The average Bonchev–Trinajstić information content (AvgIpc) is 2.71. The zero-order chi connectivity index (χ0) is 23.0. The lowest BCUT2D eigenvalue weighted by Gasteiger charge is -2.29. The van der Waals surface area contributed by atoms with Gasteiger partial charge in [0.25, 0.3) is 0 Å². The lowest BCUT2D eigenvalue weighted by molar-refractivity contribution is -0.138. The smallest absolute Gasteiger partial charge is 0.242 e. The van der Waals surface area contributed by atoms with Crippen LogP contribution >= 0.6 is 35.0 Å². The number of carbonyl (C=O) groups is 2. The van der Waals surface area contributed by atoms with Gasteiger partial charge in [0.15, 0.2) is 0 Å². The first-order chi connectivity index (χ1) is 14.7. The van der Waals surface area contributed by atoms with Gasteiger partial charge in [0.2, 0.25) is 11.8 Å². The van der Waals surface area contributed by atoms with Crippen LogP contribution in [0.4, 0.5) is 0 Å². The number of carbonyl (C=O) groups excluding carboxylic acids is 2. The second-order valence-electron chi connectivity index (χ2n) is 8.05. The Bertz CT molecular complexity index is 905. The highest BCUT2D eigenvalue weighted by molar-refractivity contribution is 7.99. The first kappa shape index (κ1) is 25.6. The molecule has 0 aliphatic rings. The van der Waals surface area contributed by atoms with E-state index in [1.54, 1.807) is 30.0 Å². The van der Waals surface area contributed by atoms with Gasteiger partial charge in [0, 0.05) is 28.9 Å². The lowest BCUT2D eigenvalue weighted by atomic mass is 10.1. The number of thioether (sulfide) groups is 1. The lowest BCUT2D eigenvalue weighted by Crippen LogP contribution is -2.48. The molecule has 2 aromatic rings. The van der Waals surface area contributed by atoms with Gasteiger partial charge in [0.1, 0.15) is 6.04 Å². The van der Waals surface area contributed by atoms with Crippen molar-refractivity contribution in [1.29, 1.82) is 0 Å². The number of nitrogens with zero attached hydrogens (tertiary/aromatic N) is 1. The summed E-state index contributed by atoms with van der Waals surface area (Å²) in [6, 6.07) is 12.8. The molecule has 0 radical (unpaired) electrons. The molecule has 0 saturated heterocycles. The molecule has 1 N–H and O–H groups in total. The van der Waals surface area contributed by atoms with Crippen molar-refractivity contribution >= 4 is 46.8 Å². The van der Waals surface area contributed by atoms with Gasteiger partial charge in [-0.05, 0) is 43.0 Å². The van der Waals surface area contributed by atoms with E-state index in [1.165, 1.54) is 22.9 Å². The molecule has 2 rings (SSSR count). The van der Waals surface area contributed by atoms with Crippen molar-refractivity contribution in [2.45, 2.75) is 46.0 Å². The molecule has 2 amide bonds. The van der Waals surface area contributed by atoms with Gasteiger partial charge < -0.3 is 10.2 Å². The third kappa shape index (κ3) is 8.40. The Morgan fingerprint density at radius 3 is 2.48 bits per heavy atom. The van der Waals surface area contributed by atoms with E-state index in [4.69, 9.17) is 23.2 Å². The highest BCUT2D eigenvalue weighted by Gasteiger charge is 2.26. The summed E-state index contributed by atoms with van der Waals surface area (Å²) < 4.78 is 0. The summed E-state index contributed by atoms with van der Waals surface area (Å²) in [5.74, 6) is 1.07. The van der Waals surface area contributed by atoms with E-state index >= 15 is 0 Å². The van der Waals surface area contributed by atoms with Gasteiger partial charge >= 0.3 is 0 Å². The quantitative estimate of drug-likeness (QED) is 0.472. The second-order valence-corrected chi connectivity index (χ2v) is 9.88. The van der Waals surface area contributed by atoms with Crippen LogP contribution in [0.3, 0.4) is 0 Å². The molecule has 4 nitrogen and oxygen atoms in total. The average molecular weight is 481 g/mol. The van der Waals surface area contributed by atoms with Crippen LogP contribution in [-0.2, 0) is 21.9 Å². The van der Waals surface area contributed by atoms with Gasteiger partial charge in [-0.1, -0.05) is 72.9 Å². The maximum atomic E-state index is 13.1. The van der Waals surface area contributed by atoms with Crippen molar-refractivity contribution in [2.75, 3.05) is 12.3 Å². The topological polar surface area (TPSA) is 49.4 Å². The molecule has 0 spiro atoms. The summed E-state index contributed by atoms with van der Waals surface area (Å²) in [6.07, 6.45) is 0. The normalized spacial score (nSPS) is 12.0.